The summed E-state index contributed by atoms with van der Waals surface area (Å²) >= 11 is 0. The quantitative estimate of drug-likeness (QED) is 0.748. The van der Waals surface area contributed by atoms with Crippen molar-refractivity contribution in [3.63, 3.8) is 0 Å². The number of amides is 1. The summed E-state index contributed by atoms with van der Waals surface area (Å²) < 4.78 is 5.88. The first-order chi connectivity index (χ1) is 12.9. The van der Waals surface area contributed by atoms with Gasteiger partial charge in [-0.25, -0.2) is 0 Å². The van der Waals surface area contributed by atoms with Crippen LogP contribution < -0.4 is 0 Å². The van der Waals surface area contributed by atoms with E-state index in [2.05, 4.69) is 13.8 Å². The van der Waals surface area contributed by atoms with Crippen molar-refractivity contribution in [1.29, 1.82) is 0 Å². The van der Waals surface area contributed by atoms with Crippen molar-refractivity contribution < 1.29 is 9.53 Å². The van der Waals surface area contributed by atoms with Gasteiger partial charge in [0.25, 0.3) is 0 Å². The topological polar surface area (TPSA) is 41.9 Å². The van der Waals surface area contributed by atoms with Gasteiger partial charge in [0.15, 0.2) is 0 Å². The van der Waals surface area contributed by atoms with Crippen LogP contribution in [0.25, 0.3) is 0 Å². The van der Waals surface area contributed by atoms with E-state index < -0.39 is 5.72 Å². The van der Waals surface area contributed by atoms with Crippen LogP contribution in [0.2, 0.25) is 0 Å². The molecule has 0 aromatic heterocycles. The second kappa shape index (κ2) is 8.05. The Hall–Kier alpha value is -2.46. The first-order valence-corrected chi connectivity index (χ1v) is 9.51. The molecule has 0 N–H and O–H groups in total. The lowest BCUT2D eigenvalue weighted by Gasteiger charge is -2.35. The van der Waals surface area contributed by atoms with Crippen LogP contribution >= 0.6 is 0 Å². The van der Waals surface area contributed by atoms with Crippen molar-refractivity contribution in [3.8, 4) is 0 Å². The number of hydrogen-bond acceptors (Lipinski definition) is 3. The zero-order valence-corrected chi connectivity index (χ0v) is 16.6. The maximum Gasteiger partial charge on any atom is 0.246 e. The zero-order valence-electron chi connectivity index (χ0n) is 16.6. The van der Waals surface area contributed by atoms with Crippen molar-refractivity contribution >= 4 is 11.6 Å². The SMILES string of the molecule is CC(C)[C@H]1COC(C)(C)N1C(=O)CN=C(c1ccccc1)c1ccccc1. The largest absolute Gasteiger partial charge is 0.354 e. The van der Waals surface area contributed by atoms with E-state index >= 15 is 0 Å². The van der Waals surface area contributed by atoms with Gasteiger partial charge in [-0.3, -0.25) is 9.79 Å². The fraction of sp³-hybridized carbons (Fsp3) is 0.391. The Morgan fingerprint density at radius 1 is 1.07 bits per heavy atom. The fourth-order valence-electron chi connectivity index (χ4n) is 3.57. The van der Waals surface area contributed by atoms with Crippen molar-refractivity contribution in [2.45, 2.75) is 39.5 Å². The Morgan fingerprint density at radius 3 is 2.07 bits per heavy atom. The average Bonchev–Trinajstić information content (AvgIpc) is 2.99. The Balaban J connectivity index is 1.89. The predicted octanol–water partition coefficient (Wildman–Crippen LogP) is 4.14. The molecule has 3 rings (SSSR count). The highest BCUT2D eigenvalue weighted by molar-refractivity contribution is 6.13. The van der Waals surface area contributed by atoms with Gasteiger partial charge < -0.3 is 9.64 Å². The van der Waals surface area contributed by atoms with Crippen molar-refractivity contribution in [2.24, 2.45) is 10.9 Å². The monoisotopic (exact) mass is 364 g/mol. The van der Waals surface area contributed by atoms with Gasteiger partial charge in [0.05, 0.1) is 18.4 Å². The van der Waals surface area contributed by atoms with Gasteiger partial charge in [-0.05, 0) is 19.8 Å². The van der Waals surface area contributed by atoms with Crippen LogP contribution in [0.15, 0.2) is 65.7 Å². The van der Waals surface area contributed by atoms with Crippen LogP contribution in [0.4, 0.5) is 0 Å². The molecule has 27 heavy (non-hydrogen) atoms. The number of benzene rings is 2. The maximum absolute atomic E-state index is 13.1. The molecule has 1 amide bonds. The number of aliphatic imine (C=N–C) groups is 1. The summed E-state index contributed by atoms with van der Waals surface area (Å²) in [5, 5.41) is 0. The van der Waals surface area contributed by atoms with E-state index in [1.54, 1.807) is 0 Å². The summed E-state index contributed by atoms with van der Waals surface area (Å²) in [4.78, 5) is 19.7. The van der Waals surface area contributed by atoms with E-state index in [9.17, 15) is 4.79 Å². The second-order valence-corrected chi connectivity index (χ2v) is 7.73. The van der Waals surface area contributed by atoms with Gasteiger partial charge in [-0.2, -0.15) is 0 Å². The lowest BCUT2D eigenvalue weighted by molar-refractivity contribution is -0.145. The lowest BCUT2D eigenvalue weighted by Crippen LogP contribution is -2.50. The van der Waals surface area contributed by atoms with E-state index in [0.717, 1.165) is 16.8 Å². The summed E-state index contributed by atoms with van der Waals surface area (Å²) in [5.41, 5.74) is 2.26. The molecule has 1 aliphatic heterocycles. The number of ether oxygens (including phenoxy) is 1. The molecule has 0 unspecified atom stereocenters. The number of hydrogen-bond donors (Lipinski definition) is 0. The van der Waals surface area contributed by atoms with Crippen LogP contribution in [0.1, 0.15) is 38.8 Å². The molecule has 0 saturated carbocycles. The fourth-order valence-corrected chi connectivity index (χ4v) is 3.57. The van der Waals surface area contributed by atoms with Crippen LogP contribution in [-0.2, 0) is 9.53 Å². The second-order valence-electron chi connectivity index (χ2n) is 7.73. The Kier molecular flexibility index (Phi) is 5.76. The van der Waals surface area contributed by atoms with E-state index in [-0.39, 0.29) is 18.5 Å². The number of nitrogens with zero attached hydrogens (tertiary/aromatic N) is 2. The molecular formula is C23H28N2O2. The minimum absolute atomic E-state index is 0.000521. The first-order valence-electron chi connectivity index (χ1n) is 9.51. The molecule has 1 heterocycles. The molecule has 1 fully saturated rings. The molecule has 2 aromatic rings. The summed E-state index contributed by atoms with van der Waals surface area (Å²) in [6.45, 7) is 8.83. The molecule has 4 nitrogen and oxygen atoms in total. The molecule has 4 heteroatoms. The van der Waals surface area contributed by atoms with E-state index in [1.807, 2.05) is 79.4 Å². The molecule has 0 spiro atoms. The Labute approximate surface area is 161 Å². The lowest BCUT2D eigenvalue weighted by atomic mass is 10.0. The van der Waals surface area contributed by atoms with Gasteiger partial charge in [0, 0.05) is 11.1 Å². The summed E-state index contributed by atoms with van der Waals surface area (Å²) in [6, 6.07) is 20.1. The molecule has 1 saturated heterocycles. The molecule has 1 atom stereocenters. The van der Waals surface area contributed by atoms with Gasteiger partial charge in [-0.15, -0.1) is 0 Å². The normalized spacial score (nSPS) is 18.6. The van der Waals surface area contributed by atoms with Gasteiger partial charge in [0.1, 0.15) is 12.3 Å². The number of rotatable bonds is 5. The van der Waals surface area contributed by atoms with Crippen molar-refractivity contribution in [3.05, 3.63) is 71.8 Å². The van der Waals surface area contributed by atoms with Gasteiger partial charge >= 0.3 is 0 Å². The Morgan fingerprint density at radius 2 is 1.59 bits per heavy atom. The van der Waals surface area contributed by atoms with Crippen LogP contribution in [-0.4, -0.2) is 41.4 Å². The standard InChI is InChI=1S/C23H28N2O2/c1-17(2)20-16-27-23(3,4)25(20)21(26)15-24-22(18-11-7-5-8-12-18)19-13-9-6-10-14-19/h5-14,17,20H,15-16H2,1-4H3/t20-/m1/s1. The zero-order chi connectivity index (χ0) is 19.4. The van der Waals surface area contributed by atoms with Gasteiger partial charge in [0.2, 0.25) is 5.91 Å². The highest BCUT2D eigenvalue weighted by Crippen LogP contribution is 2.31. The average molecular weight is 364 g/mol. The van der Waals surface area contributed by atoms with Crippen LogP contribution in [0, 0.1) is 5.92 Å². The van der Waals surface area contributed by atoms with E-state index in [0.29, 0.717) is 12.5 Å². The minimum Gasteiger partial charge on any atom is -0.354 e. The highest BCUT2D eigenvalue weighted by atomic mass is 16.5. The molecule has 142 valence electrons. The maximum atomic E-state index is 13.1. The molecule has 2 aromatic carbocycles. The molecule has 0 bridgehead atoms. The predicted molar refractivity (Wildman–Crippen MR) is 109 cm³/mol. The summed E-state index contributed by atoms with van der Waals surface area (Å²) in [7, 11) is 0. The third-order valence-corrected chi connectivity index (χ3v) is 5.02. The molecule has 1 aliphatic rings. The number of carbonyl (C=O) groups is 1. The molecule has 0 radical (unpaired) electrons. The Bertz CT molecular complexity index is 756. The van der Waals surface area contributed by atoms with Crippen molar-refractivity contribution in [2.75, 3.05) is 13.2 Å². The van der Waals surface area contributed by atoms with E-state index in [4.69, 9.17) is 9.73 Å². The van der Waals surface area contributed by atoms with Gasteiger partial charge in [-0.1, -0.05) is 74.5 Å². The molecule has 0 aliphatic carbocycles. The number of carbonyl (C=O) groups excluding carboxylic acids is 1. The smallest absolute Gasteiger partial charge is 0.246 e. The first kappa shape index (κ1) is 19.3. The van der Waals surface area contributed by atoms with Crippen LogP contribution in [0.5, 0.6) is 0 Å². The summed E-state index contributed by atoms with van der Waals surface area (Å²) in [6.07, 6.45) is 0. The molecular weight excluding hydrogens is 336 g/mol. The third kappa shape index (κ3) is 4.28. The highest BCUT2D eigenvalue weighted by Gasteiger charge is 2.44. The summed E-state index contributed by atoms with van der Waals surface area (Å²) in [5.74, 6) is 0.336. The third-order valence-electron chi connectivity index (χ3n) is 5.02. The minimum atomic E-state index is -0.596. The van der Waals surface area contributed by atoms with Crippen molar-refractivity contribution in [1.82, 2.24) is 4.90 Å². The van der Waals surface area contributed by atoms with Crippen LogP contribution in [0.3, 0.4) is 0 Å². The van der Waals surface area contributed by atoms with E-state index in [1.165, 1.54) is 0 Å².